The quantitative estimate of drug-likeness (QED) is 0.406. The summed E-state index contributed by atoms with van der Waals surface area (Å²) < 4.78 is 1.84. The highest BCUT2D eigenvalue weighted by molar-refractivity contribution is 6.18. The van der Waals surface area contributed by atoms with Gasteiger partial charge in [-0.1, -0.05) is 30.3 Å². The molecule has 7 heteroatoms. The number of carboxylic acids is 1. The molecule has 2 aromatic carbocycles. The number of nitrogens with zero attached hydrogens (tertiary/aromatic N) is 2. The van der Waals surface area contributed by atoms with Gasteiger partial charge in [-0.2, -0.15) is 0 Å². The van der Waals surface area contributed by atoms with Gasteiger partial charge < -0.3 is 14.6 Å². The Morgan fingerprint density at radius 3 is 2.34 bits per heavy atom. The van der Waals surface area contributed by atoms with E-state index in [2.05, 4.69) is 17.0 Å². The Kier molecular flexibility index (Phi) is 8.35. The zero-order valence-corrected chi connectivity index (χ0v) is 19.9. The van der Waals surface area contributed by atoms with E-state index in [0.717, 1.165) is 42.7 Å². The van der Waals surface area contributed by atoms with Gasteiger partial charge in [0.2, 0.25) is 5.43 Å². The van der Waals surface area contributed by atoms with Crippen LogP contribution < -0.4 is 5.43 Å². The zero-order chi connectivity index (χ0) is 23.3. The summed E-state index contributed by atoms with van der Waals surface area (Å²) in [6, 6.07) is 13.9. The predicted molar refractivity (Wildman–Crippen MR) is 133 cm³/mol. The van der Waals surface area contributed by atoms with Crippen molar-refractivity contribution in [2.45, 2.75) is 26.3 Å². The molecule has 1 aromatic heterocycles. The molecule has 0 aliphatic carbocycles. The van der Waals surface area contributed by atoms with E-state index in [9.17, 15) is 14.7 Å². The minimum atomic E-state index is -1.21. The van der Waals surface area contributed by atoms with Crippen LogP contribution in [0, 0.1) is 0 Å². The molecule has 0 saturated carbocycles. The van der Waals surface area contributed by atoms with Crippen molar-refractivity contribution in [2.75, 3.05) is 31.4 Å². The van der Waals surface area contributed by atoms with Crippen LogP contribution in [0.5, 0.6) is 0 Å². The van der Waals surface area contributed by atoms with E-state index in [1.165, 1.54) is 11.8 Å². The smallest absolute Gasteiger partial charge is 0.341 e. The second-order valence-electron chi connectivity index (χ2n) is 8.08. The highest BCUT2D eigenvalue weighted by Gasteiger charge is 2.16. The lowest BCUT2D eigenvalue weighted by Gasteiger charge is -2.20. The van der Waals surface area contributed by atoms with Gasteiger partial charge in [-0.05, 0) is 49.1 Å². The Hall–Kier alpha value is -2.34. The summed E-state index contributed by atoms with van der Waals surface area (Å²) >= 11 is 11.8. The van der Waals surface area contributed by atoms with Crippen LogP contribution in [0.2, 0.25) is 0 Å². The highest BCUT2D eigenvalue weighted by atomic mass is 35.5. The van der Waals surface area contributed by atoms with Crippen molar-refractivity contribution >= 4 is 40.1 Å². The molecule has 0 fully saturated rings. The number of hydrogen-bond acceptors (Lipinski definition) is 3. The number of pyridine rings is 1. The maximum atomic E-state index is 12.9. The second kappa shape index (κ2) is 11.0. The van der Waals surface area contributed by atoms with Gasteiger partial charge in [0.05, 0.1) is 5.52 Å². The molecule has 0 aliphatic rings. The molecule has 1 N–H and O–H groups in total. The fraction of sp³-hybridized carbons (Fsp3) is 0.360. The molecule has 0 bridgehead atoms. The summed E-state index contributed by atoms with van der Waals surface area (Å²) in [4.78, 5) is 26.7. The summed E-state index contributed by atoms with van der Waals surface area (Å²) in [6.45, 7) is 6.39. The van der Waals surface area contributed by atoms with E-state index in [1.54, 1.807) is 6.07 Å². The van der Waals surface area contributed by atoms with Crippen LogP contribution in [-0.4, -0.2) is 51.9 Å². The van der Waals surface area contributed by atoms with Crippen molar-refractivity contribution < 1.29 is 9.90 Å². The Morgan fingerprint density at radius 1 is 1.03 bits per heavy atom. The van der Waals surface area contributed by atoms with Gasteiger partial charge in [0.1, 0.15) is 5.56 Å². The average Bonchev–Trinajstić information content (AvgIpc) is 2.77. The van der Waals surface area contributed by atoms with Gasteiger partial charge in [0.25, 0.3) is 0 Å². The number of carboxylic acid groups (broad SMARTS) is 1. The Labute approximate surface area is 198 Å². The molecule has 0 amide bonds. The molecule has 0 unspecified atom stereocenters. The molecule has 0 saturated heterocycles. The molecule has 32 heavy (non-hydrogen) atoms. The number of fused-ring (bicyclic) bond motifs is 1. The number of benzene rings is 2. The van der Waals surface area contributed by atoms with E-state index in [1.807, 2.05) is 42.7 Å². The third-order valence-electron chi connectivity index (χ3n) is 5.60. The minimum absolute atomic E-state index is 0.0225. The van der Waals surface area contributed by atoms with Gasteiger partial charge in [-0.15, -0.1) is 23.2 Å². The molecule has 5 nitrogen and oxygen atoms in total. The average molecular weight is 475 g/mol. The third-order valence-corrected chi connectivity index (χ3v) is 5.94. The van der Waals surface area contributed by atoms with Crippen molar-refractivity contribution in [3.05, 3.63) is 70.0 Å². The largest absolute Gasteiger partial charge is 0.477 e. The van der Waals surface area contributed by atoms with Crippen molar-refractivity contribution in [2.24, 2.45) is 0 Å². The van der Waals surface area contributed by atoms with Crippen LogP contribution in [0.25, 0.3) is 22.0 Å². The summed E-state index contributed by atoms with van der Waals surface area (Å²) in [5, 5.41) is 9.91. The zero-order valence-electron chi connectivity index (χ0n) is 18.4. The molecule has 1 heterocycles. The van der Waals surface area contributed by atoms with Crippen LogP contribution >= 0.6 is 23.2 Å². The number of carbonyl (C=O) groups is 1. The van der Waals surface area contributed by atoms with Crippen LogP contribution in [0.1, 0.15) is 35.8 Å². The van der Waals surface area contributed by atoms with Gasteiger partial charge in [-0.25, -0.2) is 4.79 Å². The van der Waals surface area contributed by atoms with E-state index in [4.69, 9.17) is 23.2 Å². The summed E-state index contributed by atoms with van der Waals surface area (Å²) in [7, 11) is 0. The molecule has 0 atom stereocenters. The van der Waals surface area contributed by atoms with Crippen LogP contribution in [-0.2, 0) is 6.42 Å². The number of aromatic carboxylic acids is 1. The number of hydrogen-bond donors (Lipinski definition) is 1. The molecule has 0 radical (unpaired) electrons. The fourth-order valence-corrected chi connectivity index (χ4v) is 4.36. The SMILES string of the molecule is CC(C)n1cc(C(=O)O)c(=O)c2cc(-c3cccc(CCN(CCCl)CCCl)c3)ccc21. The van der Waals surface area contributed by atoms with E-state index >= 15 is 0 Å². The van der Waals surface area contributed by atoms with Crippen molar-refractivity contribution in [1.29, 1.82) is 0 Å². The first-order valence-corrected chi connectivity index (χ1v) is 11.8. The van der Waals surface area contributed by atoms with Crippen LogP contribution in [0.4, 0.5) is 0 Å². The first-order chi connectivity index (χ1) is 15.3. The minimum Gasteiger partial charge on any atom is -0.477 e. The van der Waals surface area contributed by atoms with Crippen molar-refractivity contribution in [3.63, 3.8) is 0 Å². The molecule has 3 rings (SSSR count). The molecule has 0 aliphatic heterocycles. The topological polar surface area (TPSA) is 62.5 Å². The number of alkyl halides is 2. The first kappa shape index (κ1) is 24.3. The Bertz CT molecular complexity index is 1150. The Balaban J connectivity index is 1.98. The van der Waals surface area contributed by atoms with Gasteiger partial charge in [0.15, 0.2) is 0 Å². The predicted octanol–water partition coefficient (Wildman–Crippen LogP) is 5.27. The summed E-state index contributed by atoms with van der Waals surface area (Å²) in [5.74, 6) is -0.0716. The van der Waals surface area contributed by atoms with Crippen molar-refractivity contribution in [3.8, 4) is 11.1 Å². The standard InChI is InChI=1S/C25H28Cl2N2O3/c1-17(2)29-16-22(25(31)32)24(30)21-15-20(6-7-23(21)29)19-5-3-4-18(14-19)8-11-28(12-9-26)13-10-27/h3-7,14-17H,8-13H2,1-2H3,(H,31,32). The lowest BCUT2D eigenvalue weighted by Crippen LogP contribution is -2.30. The maximum Gasteiger partial charge on any atom is 0.341 e. The fourth-order valence-electron chi connectivity index (χ4n) is 3.88. The second-order valence-corrected chi connectivity index (χ2v) is 8.84. The van der Waals surface area contributed by atoms with Gasteiger partial charge in [0, 0.05) is 49.0 Å². The number of aromatic nitrogens is 1. The van der Waals surface area contributed by atoms with E-state index in [0.29, 0.717) is 17.1 Å². The third kappa shape index (κ3) is 5.52. The molecule has 0 spiro atoms. The Morgan fingerprint density at radius 2 is 1.72 bits per heavy atom. The van der Waals surface area contributed by atoms with Crippen LogP contribution in [0.15, 0.2) is 53.5 Å². The van der Waals surface area contributed by atoms with Gasteiger partial charge >= 0.3 is 5.97 Å². The van der Waals surface area contributed by atoms with Crippen molar-refractivity contribution in [1.82, 2.24) is 9.47 Å². The summed E-state index contributed by atoms with van der Waals surface area (Å²) in [5.41, 5.74) is 3.11. The summed E-state index contributed by atoms with van der Waals surface area (Å²) in [6.07, 6.45) is 2.30. The number of halogens is 2. The van der Waals surface area contributed by atoms with Gasteiger partial charge in [-0.3, -0.25) is 4.79 Å². The van der Waals surface area contributed by atoms with Crippen LogP contribution in [0.3, 0.4) is 0 Å². The maximum absolute atomic E-state index is 12.9. The lowest BCUT2D eigenvalue weighted by molar-refractivity contribution is 0.0694. The normalized spacial score (nSPS) is 11.6. The molecular formula is C25H28Cl2N2O3. The molecule has 170 valence electrons. The van der Waals surface area contributed by atoms with E-state index < -0.39 is 11.4 Å². The molecule has 3 aromatic rings. The number of rotatable bonds is 10. The molecular weight excluding hydrogens is 447 g/mol. The first-order valence-electron chi connectivity index (χ1n) is 10.7. The monoisotopic (exact) mass is 474 g/mol. The highest BCUT2D eigenvalue weighted by Crippen LogP contribution is 2.26. The lowest BCUT2D eigenvalue weighted by atomic mass is 9.99. The van der Waals surface area contributed by atoms with E-state index in [-0.39, 0.29) is 11.6 Å².